The number of nitrogens with zero attached hydrogens (tertiary/aromatic N) is 4. The fraction of sp³-hybridized carbons (Fsp3) is 0.700. The average Bonchev–Trinajstić information content (AvgIpc) is 3.12. The van der Waals surface area contributed by atoms with E-state index in [-0.39, 0.29) is 24.0 Å². The fourth-order valence-electron chi connectivity index (χ4n) is 4.04. The lowest BCUT2D eigenvalue weighted by Gasteiger charge is -2.35. The molecule has 0 radical (unpaired) electrons. The summed E-state index contributed by atoms with van der Waals surface area (Å²) in [7, 11) is 1.82. The molecule has 29 heavy (non-hydrogen) atoms. The van der Waals surface area contributed by atoms with Crippen molar-refractivity contribution in [2.75, 3.05) is 51.2 Å². The highest BCUT2D eigenvalue weighted by atomic mass is 127. The lowest BCUT2D eigenvalue weighted by atomic mass is 10.2. The van der Waals surface area contributed by atoms with Gasteiger partial charge < -0.3 is 20.3 Å². The van der Waals surface area contributed by atoms with Gasteiger partial charge in [-0.15, -0.1) is 24.0 Å². The minimum absolute atomic E-state index is 0. The van der Waals surface area contributed by atoms with E-state index in [2.05, 4.69) is 44.3 Å². The third-order valence-electron chi connectivity index (χ3n) is 5.23. The zero-order chi connectivity index (χ0) is 19.9. The molecule has 7 nitrogen and oxygen atoms in total. The van der Waals surface area contributed by atoms with E-state index in [0.29, 0.717) is 23.3 Å². The average molecular weight is 537 g/mol. The summed E-state index contributed by atoms with van der Waals surface area (Å²) in [5.74, 6) is 1.73. The Bertz CT molecular complexity index is 654. The molecule has 2 fully saturated rings. The van der Waals surface area contributed by atoms with E-state index < -0.39 is 0 Å². The lowest BCUT2D eigenvalue weighted by molar-refractivity contribution is -0.0679. The second kappa shape index (κ2) is 12.1. The number of morpholine rings is 1. The van der Waals surface area contributed by atoms with E-state index in [1.807, 2.05) is 19.2 Å². The minimum Gasteiger partial charge on any atom is -0.373 e. The van der Waals surface area contributed by atoms with Gasteiger partial charge in [-0.1, -0.05) is 11.6 Å². The molecule has 2 saturated heterocycles. The van der Waals surface area contributed by atoms with E-state index in [1.165, 1.54) is 0 Å². The molecule has 2 N–H and O–H groups in total. The first-order chi connectivity index (χ1) is 13.5. The molecule has 0 aromatic carbocycles. The van der Waals surface area contributed by atoms with Crippen LogP contribution >= 0.6 is 35.6 Å². The largest absolute Gasteiger partial charge is 0.373 e. The summed E-state index contributed by atoms with van der Waals surface area (Å²) in [6, 6.07) is 4.09. The maximum atomic E-state index is 6.28. The topological polar surface area (TPSA) is 65.0 Å². The van der Waals surface area contributed by atoms with Crippen molar-refractivity contribution in [3.05, 3.63) is 23.4 Å². The Morgan fingerprint density at radius 1 is 1.31 bits per heavy atom. The normalized spacial score (nSPS) is 25.6. The van der Waals surface area contributed by atoms with Gasteiger partial charge in [0.25, 0.3) is 0 Å². The predicted molar refractivity (Wildman–Crippen MR) is 131 cm³/mol. The van der Waals surface area contributed by atoms with Crippen LogP contribution in [-0.2, 0) is 4.74 Å². The number of aromatic nitrogens is 1. The van der Waals surface area contributed by atoms with Gasteiger partial charge >= 0.3 is 0 Å². The van der Waals surface area contributed by atoms with Crippen LogP contribution in [-0.4, -0.2) is 80.4 Å². The number of anilines is 1. The Morgan fingerprint density at radius 3 is 2.76 bits per heavy atom. The maximum Gasteiger partial charge on any atom is 0.191 e. The molecule has 1 aromatic rings. The number of nitrogens with one attached hydrogen (secondary N) is 2. The molecular weight excluding hydrogens is 503 g/mol. The molecule has 0 amide bonds. The molecule has 0 spiro atoms. The van der Waals surface area contributed by atoms with Crippen molar-refractivity contribution < 1.29 is 4.74 Å². The van der Waals surface area contributed by atoms with Crippen LogP contribution < -0.4 is 15.5 Å². The van der Waals surface area contributed by atoms with Crippen molar-refractivity contribution in [1.29, 1.82) is 0 Å². The summed E-state index contributed by atoms with van der Waals surface area (Å²) in [6.07, 6.45) is 4.56. The first-order valence-corrected chi connectivity index (χ1v) is 10.6. The quantitative estimate of drug-likeness (QED) is 0.252. The molecular formula is C20H34ClIN6O. The smallest absolute Gasteiger partial charge is 0.191 e. The first-order valence-electron chi connectivity index (χ1n) is 10.3. The minimum atomic E-state index is 0. The van der Waals surface area contributed by atoms with Gasteiger partial charge in [0.15, 0.2) is 5.96 Å². The van der Waals surface area contributed by atoms with Crippen LogP contribution in [0, 0.1) is 0 Å². The van der Waals surface area contributed by atoms with Gasteiger partial charge in [0, 0.05) is 58.6 Å². The van der Waals surface area contributed by atoms with Crippen molar-refractivity contribution >= 4 is 47.4 Å². The Morgan fingerprint density at radius 2 is 2.07 bits per heavy atom. The van der Waals surface area contributed by atoms with Gasteiger partial charge in [-0.2, -0.15) is 0 Å². The van der Waals surface area contributed by atoms with Crippen molar-refractivity contribution in [2.24, 2.45) is 4.99 Å². The monoisotopic (exact) mass is 536 g/mol. The lowest BCUT2D eigenvalue weighted by Crippen LogP contribution is -2.47. The number of guanidine groups is 1. The number of hydrogen-bond donors (Lipinski definition) is 2. The molecule has 1 aromatic heterocycles. The van der Waals surface area contributed by atoms with Crippen LogP contribution in [0.25, 0.3) is 0 Å². The van der Waals surface area contributed by atoms with Gasteiger partial charge in [0.2, 0.25) is 0 Å². The van der Waals surface area contributed by atoms with Crippen molar-refractivity contribution in [3.8, 4) is 0 Å². The van der Waals surface area contributed by atoms with Gasteiger partial charge in [-0.25, -0.2) is 4.98 Å². The third kappa shape index (κ3) is 7.41. The Hall–Kier alpha value is -0.840. The molecule has 9 heteroatoms. The number of pyridine rings is 1. The Balaban J connectivity index is 0.00000300. The predicted octanol–water partition coefficient (Wildman–Crippen LogP) is 2.60. The maximum absolute atomic E-state index is 6.28. The standard InChI is InChI=1S/C20H33ClN6O.HI/c1-15-12-26(13-16(2)28-15)10-5-9-24-20(22-3)25-17-7-11-27(14-17)19-18(21)6-4-8-23-19;/h4,6,8,15-17H,5,7,9-14H2,1-3H3,(H2,22,24,25);1H. The summed E-state index contributed by atoms with van der Waals surface area (Å²) in [6.45, 7) is 10.1. The molecule has 3 unspecified atom stereocenters. The summed E-state index contributed by atoms with van der Waals surface area (Å²) in [4.78, 5) is 13.5. The van der Waals surface area contributed by atoms with Crippen LogP contribution in [0.3, 0.4) is 0 Å². The number of aliphatic imine (C=N–C) groups is 1. The van der Waals surface area contributed by atoms with Crippen LogP contribution in [0.2, 0.25) is 5.02 Å². The van der Waals surface area contributed by atoms with Gasteiger partial charge in [0.05, 0.1) is 17.2 Å². The zero-order valence-electron chi connectivity index (χ0n) is 17.6. The second-order valence-electron chi connectivity index (χ2n) is 7.75. The highest BCUT2D eigenvalue weighted by molar-refractivity contribution is 14.0. The third-order valence-corrected chi connectivity index (χ3v) is 5.53. The molecule has 0 saturated carbocycles. The van der Waals surface area contributed by atoms with Crippen molar-refractivity contribution in [3.63, 3.8) is 0 Å². The van der Waals surface area contributed by atoms with Gasteiger partial charge in [-0.3, -0.25) is 9.89 Å². The number of rotatable bonds is 6. The van der Waals surface area contributed by atoms with Crippen LogP contribution in [0.15, 0.2) is 23.3 Å². The first kappa shape index (κ1) is 24.4. The van der Waals surface area contributed by atoms with Crippen LogP contribution in [0.5, 0.6) is 0 Å². The fourth-order valence-corrected chi connectivity index (χ4v) is 4.29. The molecule has 0 aliphatic carbocycles. The molecule has 3 heterocycles. The van der Waals surface area contributed by atoms with Gasteiger partial charge in [0.1, 0.15) is 5.82 Å². The highest BCUT2D eigenvalue weighted by Gasteiger charge is 2.25. The molecule has 164 valence electrons. The highest BCUT2D eigenvalue weighted by Crippen LogP contribution is 2.25. The van der Waals surface area contributed by atoms with Gasteiger partial charge in [-0.05, 0) is 38.8 Å². The molecule has 0 bridgehead atoms. The van der Waals surface area contributed by atoms with E-state index in [9.17, 15) is 0 Å². The Labute approximate surface area is 196 Å². The molecule has 3 rings (SSSR count). The van der Waals surface area contributed by atoms with E-state index in [0.717, 1.165) is 63.9 Å². The SMILES string of the molecule is CN=C(NCCCN1CC(C)OC(C)C1)NC1CCN(c2ncccc2Cl)C1.I. The van der Waals surface area contributed by atoms with Crippen molar-refractivity contribution in [2.45, 2.75) is 44.9 Å². The van der Waals surface area contributed by atoms with E-state index in [4.69, 9.17) is 16.3 Å². The summed E-state index contributed by atoms with van der Waals surface area (Å²) in [5, 5.41) is 7.68. The van der Waals surface area contributed by atoms with Crippen molar-refractivity contribution in [1.82, 2.24) is 20.5 Å². The number of ether oxygens (including phenoxy) is 1. The number of halogens is 2. The zero-order valence-corrected chi connectivity index (χ0v) is 20.7. The summed E-state index contributed by atoms with van der Waals surface area (Å²) < 4.78 is 5.80. The second-order valence-corrected chi connectivity index (χ2v) is 8.16. The molecule has 3 atom stereocenters. The molecule has 2 aliphatic heterocycles. The Kier molecular flexibility index (Phi) is 10.2. The van der Waals surface area contributed by atoms with E-state index in [1.54, 1.807) is 6.20 Å². The van der Waals surface area contributed by atoms with Crippen LogP contribution in [0.1, 0.15) is 26.7 Å². The summed E-state index contributed by atoms with van der Waals surface area (Å²) in [5.41, 5.74) is 0. The molecule has 2 aliphatic rings. The summed E-state index contributed by atoms with van der Waals surface area (Å²) >= 11 is 6.28. The van der Waals surface area contributed by atoms with Crippen LogP contribution in [0.4, 0.5) is 5.82 Å². The van der Waals surface area contributed by atoms with E-state index >= 15 is 0 Å². The number of hydrogen-bond acceptors (Lipinski definition) is 5.